The van der Waals surface area contributed by atoms with Gasteiger partial charge in [-0.15, -0.1) is 5.10 Å². The molecule has 264 valence electrons. The topological polar surface area (TPSA) is 112 Å². The number of aromatic amines is 1. The molecule has 2 amide bonds. The van der Waals surface area contributed by atoms with Gasteiger partial charge in [-0.1, -0.05) is 17.4 Å². The van der Waals surface area contributed by atoms with Gasteiger partial charge in [-0.25, -0.2) is 22.5 Å². The van der Waals surface area contributed by atoms with E-state index >= 15 is 4.39 Å². The number of nitrogens with one attached hydrogen (secondary N) is 1. The number of pyridine rings is 1. The Morgan fingerprint density at radius 1 is 1.02 bits per heavy atom. The number of anilines is 1. The lowest BCUT2D eigenvalue weighted by Gasteiger charge is -2.35. The first-order chi connectivity index (χ1) is 24.1. The zero-order chi connectivity index (χ0) is 35.0. The Hall–Kier alpha value is -5.21. The van der Waals surface area contributed by atoms with Gasteiger partial charge in [0.15, 0.2) is 17.4 Å². The van der Waals surface area contributed by atoms with Crippen LogP contribution in [0.2, 0.25) is 0 Å². The van der Waals surface area contributed by atoms with E-state index in [-0.39, 0.29) is 55.8 Å². The second-order valence-corrected chi connectivity index (χ2v) is 12.8. The van der Waals surface area contributed by atoms with Crippen LogP contribution in [0.25, 0.3) is 22.0 Å². The van der Waals surface area contributed by atoms with Gasteiger partial charge < -0.3 is 24.4 Å². The third-order valence-corrected chi connectivity index (χ3v) is 9.60. The Labute approximate surface area is 286 Å². The Bertz CT molecular complexity index is 1990. The Balaban J connectivity index is 0.00000448. The molecule has 1 N–H and O–H groups in total. The van der Waals surface area contributed by atoms with Crippen LogP contribution >= 0.6 is 0 Å². The molecule has 3 aliphatic rings. The molecule has 1 aliphatic carbocycles. The van der Waals surface area contributed by atoms with Crippen molar-refractivity contribution in [3.8, 4) is 5.75 Å². The monoisotopic (exact) mass is 694 g/mol. The molecule has 1 fully saturated rings. The number of methoxy groups -OCH3 is 1. The number of allylic oxidation sites excluding steroid dienone is 2. The number of aromatic nitrogens is 5. The van der Waals surface area contributed by atoms with Crippen LogP contribution in [0.3, 0.4) is 0 Å². The van der Waals surface area contributed by atoms with Crippen LogP contribution < -0.4 is 9.64 Å². The molecule has 5 heterocycles. The third kappa shape index (κ3) is 6.68. The fourth-order valence-corrected chi connectivity index (χ4v) is 6.88. The van der Waals surface area contributed by atoms with Crippen molar-refractivity contribution in [2.45, 2.75) is 44.6 Å². The van der Waals surface area contributed by atoms with Crippen LogP contribution in [0.1, 0.15) is 55.1 Å². The number of rotatable bonds is 8. The van der Waals surface area contributed by atoms with Gasteiger partial charge in [-0.3, -0.25) is 14.3 Å². The highest BCUT2D eigenvalue weighted by molar-refractivity contribution is 6.03. The van der Waals surface area contributed by atoms with Crippen molar-refractivity contribution < 1.29 is 33.3 Å². The van der Waals surface area contributed by atoms with Gasteiger partial charge >= 0.3 is 0 Å². The van der Waals surface area contributed by atoms with Gasteiger partial charge in [-0.2, -0.15) is 0 Å². The van der Waals surface area contributed by atoms with Gasteiger partial charge in [0.1, 0.15) is 11.5 Å². The third-order valence-electron chi connectivity index (χ3n) is 9.60. The molecular formula is C35H38F4N8O3. The summed E-state index contributed by atoms with van der Waals surface area (Å²) in [5.74, 6) is -3.59. The molecule has 50 heavy (non-hydrogen) atoms. The van der Waals surface area contributed by atoms with Crippen LogP contribution in [-0.4, -0.2) is 98.9 Å². The molecule has 7 rings (SSSR count). The quantitative estimate of drug-likeness (QED) is 0.241. The number of benzene rings is 1. The summed E-state index contributed by atoms with van der Waals surface area (Å²) in [5.41, 5.74) is 2.38. The van der Waals surface area contributed by atoms with Crippen molar-refractivity contribution in [1.82, 2.24) is 34.8 Å². The number of alkyl halides is 2. The Morgan fingerprint density at radius 3 is 2.56 bits per heavy atom. The number of aryl methyl sites for hydroxylation is 1. The molecule has 4 aromatic rings. The summed E-state index contributed by atoms with van der Waals surface area (Å²) in [7, 11) is 1.44. The maximum atomic E-state index is 16.5. The van der Waals surface area contributed by atoms with Gasteiger partial charge in [0.25, 0.3) is 11.8 Å². The van der Waals surface area contributed by atoms with E-state index in [1.165, 1.54) is 25.4 Å². The average molecular weight is 695 g/mol. The van der Waals surface area contributed by atoms with E-state index in [4.69, 9.17) is 4.74 Å². The predicted octanol–water partition coefficient (Wildman–Crippen LogP) is 5.56. The molecule has 15 heteroatoms. The lowest BCUT2D eigenvalue weighted by Crippen LogP contribution is -2.49. The molecule has 3 aromatic heterocycles. The second kappa shape index (κ2) is 13.6. The molecule has 1 aromatic carbocycles. The summed E-state index contributed by atoms with van der Waals surface area (Å²) in [4.78, 5) is 39.3. The van der Waals surface area contributed by atoms with Crippen molar-refractivity contribution in [2.75, 3.05) is 51.3 Å². The number of carbonyl (C=O) groups is 2. The number of carbonyl (C=O) groups excluding carboxylic acids is 2. The molecule has 0 saturated carbocycles. The van der Waals surface area contributed by atoms with E-state index in [1.807, 2.05) is 11.0 Å². The Morgan fingerprint density at radius 2 is 1.84 bits per heavy atom. The van der Waals surface area contributed by atoms with E-state index in [9.17, 15) is 22.8 Å². The van der Waals surface area contributed by atoms with Crippen LogP contribution in [0.4, 0.5) is 23.4 Å². The number of amides is 2. The molecule has 0 atom stereocenters. The normalized spacial score (nSPS) is 17.9. The molecule has 0 spiro atoms. The summed E-state index contributed by atoms with van der Waals surface area (Å²) >= 11 is 0. The fourth-order valence-electron chi connectivity index (χ4n) is 6.88. The summed E-state index contributed by atoms with van der Waals surface area (Å²) < 4.78 is 65.5. The minimum atomic E-state index is -2.82. The van der Waals surface area contributed by atoms with Gasteiger partial charge in [-0.05, 0) is 41.7 Å². The molecule has 0 bridgehead atoms. The molecule has 0 radical (unpaired) electrons. The number of nitrogens with zero attached hydrogens (tertiary/aromatic N) is 7. The van der Waals surface area contributed by atoms with E-state index in [0.717, 1.165) is 6.20 Å². The highest BCUT2D eigenvalue weighted by Crippen LogP contribution is 2.41. The zero-order valence-corrected chi connectivity index (χ0v) is 27.5. The number of fused-ring (bicyclic) bond motifs is 1. The molecule has 0 unspecified atom stereocenters. The zero-order valence-electron chi connectivity index (χ0n) is 27.5. The van der Waals surface area contributed by atoms with E-state index in [0.29, 0.717) is 79.4 Å². The van der Waals surface area contributed by atoms with Crippen molar-refractivity contribution in [1.29, 1.82) is 0 Å². The van der Waals surface area contributed by atoms with Crippen molar-refractivity contribution in [3.05, 3.63) is 77.4 Å². The van der Waals surface area contributed by atoms with Crippen LogP contribution in [0.5, 0.6) is 5.75 Å². The minimum absolute atomic E-state index is 0. The summed E-state index contributed by atoms with van der Waals surface area (Å²) in [6.07, 6.45) is 7.78. The standard InChI is InChI=1S/C35H36F4N8O3.H2/c1-50-29-17-24(36)20-40-33(29)44-13-15-45(16-14-44)34(49)28-19-27-25(22-4-7-35(38,39)8-5-22)18-26(31(37)32(27)42-28)23-3-2-10-46(21-23)30(48)6-11-47-12-9-41-43-47;/h3-4,9,12,17-20,42H,2,5-8,10-11,13-16,21H2,1H3;1H. The molecule has 2 aliphatic heterocycles. The van der Waals surface area contributed by atoms with Crippen molar-refractivity contribution in [2.24, 2.45) is 0 Å². The summed E-state index contributed by atoms with van der Waals surface area (Å²) in [6, 6.07) is 4.53. The Kier molecular flexibility index (Phi) is 9.05. The highest BCUT2D eigenvalue weighted by Gasteiger charge is 2.33. The number of H-pyrrole nitrogens is 1. The SMILES string of the molecule is COc1cc(F)cnc1N1CCN(C(=O)c2cc3c(C4=CCC(F)(F)CC4)cc(C4=CCCN(C(=O)CCn5ccnn5)C4)c(F)c3[nH]2)CC1.[HH]. The predicted molar refractivity (Wildman–Crippen MR) is 180 cm³/mol. The summed E-state index contributed by atoms with van der Waals surface area (Å²) in [5, 5.41) is 8.09. The second-order valence-electron chi connectivity index (χ2n) is 12.8. The number of halogens is 4. The van der Waals surface area contributed by atoms with Crippen LogP contribution in [-0.2, 0) is 11.3 Å². The highest BCUT2D eigenvalue weighted by atomic mass is 19.3. The molecule has 1 saturated heterocycles. The smallest absolute Gasteiger partial charge is 0.270 e. The van der Waals surface area contributed by atoms with E-state index < -0.39 is 24.0 Å². The van der Waals surface area contributed by atoms with Crippen LogP contribution in [0.15, 0.2) is 48.9 Å². The first-order valence-electron chi connectivity index (χ1n) is 16.6. The largest absolute Gasteiger partial charge is 0.493 e. The fraction of sp³-hybridized carbons (Fsp3) is 0.400. The van der Waals surface area contributed by atoms with Crippen molar-refractivity contribution in [3.63, 3.8) is 0 Å². The van der Waals surface area contributed by atoms with Crippen molar-refractivity contribution >= 4 is 39.7 Å². The maximum Gasteiger partial charge on any atom is 0.270 e. The molecule has 11 nitrogen and oxygen atoms in total. The van der Waals surface area contributed by atoms with E-state index in [1.54, 1.807) is 32.8 Å². The lowest BCUT2D eigenvalue weighted by atomic mass is 9.87. The number of hydrogen-bond donors (Lipinski definition) is 1. The minimum Gasteiger partial charge on any atom is -0.493 e. The van der Waals surface area contributed by atoms with Gasteiger partial charge in [0.2, 0.25) is 5.91 Å². The number of ether oxygens (including phenoxy) is 1. The first kappa shape index (κ1) is 33.3. The number of hydrogen-bond acceptors (Lipinski definition) is 7. The number of piperazine rings is 1. The van der Waals surface area contributed by atoms with E-state index in [2.05, 4.69) is 20.3 Å². The van der Waals surface area contributed by atoms with Gasteiger partial charge in [0.05, 0.1) is 31.6 Å². The molecular weight excluding hydrogens is 656 g/mol. The van der Waals surface area contributed by atoms with Gasteiger partial charge in [0, 0.05) is 83.2 Å². The summed E-state index contributed by atoms with van der Waals surface area (Å²) in [6.45, 7) is 2.50. The first-order valence-corrected chi connectivity index (χ1v) is 16.6. The average Bonchev–Trinajstić information content (AvgIpc) is 3.82. The van der Waals surface area contributed by atoms with Crippen LogP contribution in [0, 0.1) is 11.6 Å². The lowest BCUT2D eigenvalue weighted by molar-refractivity contribution is -0.131. The maximum absolute atomic E-state index is 16.5.